The number of carbonyl (C=O) groups excluding carboxylic acids is 1. The summed E-state index contributed by atoms with van der Waals surface area (Å²) in [5.74, 6) is 1.03. The van der Waals surface area contributed by atoms with Gasteiger partial charge < -0.3 is 9.64 Å². The number of anilines is 1. The highest BCUT2D eigenvalue weighted by Crippen LogP contribution is 2.45. The summed E-state index contributed by atoms with van der Waals surface area (Å²) in [6.07, 6.45) is 1.04. The molecule has 2 heterocycles. The molecule has 2 fully saturated rings. The first-order chi connectivity index (χ1) is 14.8. The number of thioether (sulfide) groups is 1. The summed E-state index contributed by atoms with van der Waals surface area (Å²) in [7, 11) is -3.17. The number of halogens is 1. The van der Waals surface area contributed by atoms with Gasteiger partial charge in [0.05, 0.1) is 23.2 Å². The Morgan fingerprint density at radius 3 is 2.81 bits per heavy atom. The number of benzene rings is 2. The van der Waals surface area contributed by atoms with Gasteiger partial charge in [0.1, 0.15) is 5.75 Å². The Hall–Kier alpha value is -2.03. The second-order valence-corrected chi connectivity index (χ2v) is 11.5. The molecule has 2 saturated heterocycles. The molecular weight excluding hydrogens is 456 g/mol. The van der Waals surface area contributed by atoms with E-state index < -0.39 is 9.84 Å². The molecule has 2 aliphatic heterocycles. The number of hydrogen-bond acceptors (Lipinski definition) is 5. The van der Waals surface area contributed by atoms with Crippen LogP contribution < -0.4 is 9.64 Å². The highest BCUT2D eigenvalue weighted by molar-refractivity contribution is 8.16. The van der Waals surface area contributed by atoms with E-state index in [0.717, 1.165) is 5.56 Å². The van der Waals surface area contributed by atoms with Crippen molar-refractivity contribution in [3.63, 3.8) is 0 Å². The van der Waals surface area contributed by atoms with Crippen molar-refractivity contribution in [3.05, 3.63) is 53.1 Å². The quantitative estimate of drug-likeness (QED) is 0.611. The van der Waals surface area contributed by atoms with Gasteiger partial charge in [-0.15, -0.1) is 0 Å². The molecule has 0 radical (unpaired) electrons. The molecule has 0 bridgehead atoms. The van der Waals surface area contributed by atoms with Crippen molar-refractivity contribution in [2.75, 3.05) is 16.4 Å². The van der Waals surface area contributed by atoms with E-state index in [1.165, 1.54) is 11.8 Å². The SMILES string of the molecule is CCCC(=O)N=C1S[C@H]2CS(=O)(=O)C[C@H]2N1c1cc(Cl)ccc1Oc1cccc(C)c1. The molecule has 0 saturated carbocycles. The van der Waals surface area contributed by atoms with Gasteiger partial charge in [-0.1, -0.05) is 42.4 Å². The zero-order valence-corrected chi connectivity index (χ0v) is 19.6. The molecule has 164 valence electrons. The van der Waals surface area contributed by atoms with Gasteiger partial charge >= 0.3 is 0 Å². The number of rotatable bonds is 5. The molecule has 9 heteroatoms. The van der Waals surface area contributed by atoms with E-state index in [-0.39, 0.29) is 28.7 Å². The monoisotopic (exact) mass is 478 g/mol. The van der Waals surface area contributed by atoms with Gasteiger partial charge in [0.2, 0.25) is 5.91 Å². The number of carbonyl (C=O) groups is 1. The van der Waals surface area contributed by atoms with Crippen molar-refractivity contribution in [1.82, 2.24) is 0 Å². The van der Waals surface area contributed by atoms with Crippen LogP contribution in [-0.2, 0) is 14.6 Å². The zero-order chi connectivity index (χ0) is 22.2. The largest absolute Gasteiger partial charge is 0.455 e. The predicted molar refractivity (Wildman–Crippen MR) is 126 cm³/mol. The Balaban J connectivity index is 1.78. The summed E-state index contributed by atoms with van der Waals surface area (Å²) in [6, 6.07) is 12.5. The minimum Gasteiger partial charge on any atom is -0.455 e. The van der Waals surface area contributed by atoms with Crippen LogP contribution in [0.4, 0.5) is 5.69 Å². The average molecular weight is 479 g/mol. The topological polar surface area (TPSA) is 76.0 Å². The van der Waals surface area contributed by atoms with Gasteiger partial charge in [0.15, 0.2) is 20.8 Å². The summed E-state index contributed by atoms with van der Waals surface area (Å²) >= 11 is 7.65. The van der Waals surface area contributed by atoms with Crippen LogP contribution in [0.2, 0.25) is 5.02 Å². The minimum atomic E-state index is -3.17. The molecule has 6 nitrogen and oxygen atoms in total. The maximum atomic E-state index is 12.3. The first-order valence-electron chi connectivity index (χ1n) is 10.1. The van der Waals surface area contributed by atoms with Gasteiger partial charge in [-0.2, -0.15) is 4.99 Å². The smallest absolute Gasteiger partial charge is 0.248 e. The van der Waals surface area contributed by atoms with Gasteiger partial charge in [0, 0.05) is 16.7 Å². The lowest BCUT2D eigenvalue weighted by atomic mass is 10.2. The maximum absolute atomic E-state index is 12.3. The lowest BCUT2D eigenvalue weighted by Gasteiger charge is -2.26. The first-order valence-corrected chi connectivity index (χ1v) is 13.2. The van der Waals surface area contributed by atoms with Crippen LogP contribution in [0.25, 0.3) is 0 Å². The van der Waals surface area contributed by atoms with Crippen molar-refractivity contribution in [3.8, 4) is 11.5 Å². The number of nitrogens with zero attached hydrogens (tertiary/aromatic N) is 2. The van der Waals surface area contributed by atoms with Crippen LogP contribution in [0, 0.1) is 6.92 Å². The fourth-order valence-electron chi connectivity index (χ4n) is 3.79. The van der Waals surface area contributed by atoms with Crippen molar-refractivity contribution in [1.29, 1.82) is 0 Å². The van der Waals surface area contributed by atoms with Gasteiger partial charge in [-0.05, 0) is 49.2 Å². The molecule has 1 amide bonds. The lowest BCUT2D eigenvalue weighted by Crippen LogP contribution is -2.38. The van der Waals surface area contributed by atoms with Crippen LogP contribution in [-0.4, -0.2) is 42.3 Å². The third kappa shape index (κ3) is 4.91. The number of aryl methyl sites for hydroxylation is 1. The molecular formula is C22H23ClN2O4S2. The Morgan fingerprint density at radius 1 is 1.26 bits per heavy atom. The standard InChI is InChI=1S/C22H23ClN2O4S2/c1-3-5-21(26)24-22-25(18-12-31(27,28)13-20(18)30-22)17-11-15(23)8-9-19(17)29-16-7-4-6-14(2)10-16/h4,6-11,18,20H,3,5,12-13H2,1-2H3/t18-,20+/m1/s1. The number of fused-ring (bicyclic) bond motifs is 1. The van der Waals surface area contributed by atoms with Gasteiger partial charge in [0.25, 0.3) is 0 Å². The second-order valence-electron chi connectivity index (χ2n) is 7.74. The molecule has 2 aromatic carbocycles. The third-order valence-corrected chi connectivity index (χ3v) is 8.59. The molecule has 0 aliphatic carbocycles. The molecule has 0 unspecified atom stereocenters. The van der Waals surface area contributed by atoms with E-state index >= 15 is 0 Å². The van der Waals surface area contributed by atoms with Crippen LogP contribution in [0.5, 0.6) is 11.5 Å². The molecule has 0 aromatic heterocycles. The zero-order valence-electron chi connectivity index (χ0n) is 17.2. The van der Waals surface area contributed by atoms with Crippen molar-refractivity contribution < 1.29 is 17.9 Å². The summed E-state index contributed by atoms with van der Waals surface area (Å²) in [4.78, 5) is 18.4. The van der Waals surface area contributed by atoms with E-state index in [1.807, 2.05) is 43.0 Å². The Bertz CT molecular complexity index is 1150. The van der Waals surface area contributed by atoms with Crippen LogP contribution >= 0.6 is 23.4 Å². The molecule has 2 aliphatic rings. The molecule has 31 heavy (non-hydrogen) atoms. The summed E-state index contributed by atoms with van der Waals surface area (Å²) < 4.78 is 30.8. The van der Waals surface area contributed by atoms with Crippen molar-refractivity contribution in [2.45, 2.75) is 38.0 Å². The first kappa shape index (κ1) is 22.2. The minimum absolute atomic E-state index is 0.00204. The van der Waals surface area contributed by atoms with Crippen molar-refractivity contribution >= 4 is 50.0 Å². The van der Waals surface area contributed by atoms with Gasteiger partial charge in [-0.3, -0.25) is 4.79 Å². The third-order valence-electron chi connectivity index (χ3n) is 5.15. The fraction of sp³-hybridized carbons (Fsp3) is 0.364. The number of aliphatic imine (C=N–C) groups is 1. The van der Waals surface area contributed by atoms with Crippen molar-refractivity contribution in [2.24, 2.45) is 4.99 Å². The maximum Gasteiger partial charge on any atom is 0.248 e. The highest BCUT2D eigenvalue weighted by Gasteiger charge is 2.50. The van der Waals surface area contributed by atoms with E-state index in [0.29, 0.717) is 40.2 Å². The van der Waals surface area contributed by atoms with Gasteiger partial charge in [-0.25, -0.2) is 8.42 Å². The number of hydrogen-bond donors (Lipinski definition) is 0. The summed E-state index contributed by atoms with van der Waals surface area (Å²) in [5.41, 5.74) is 1.66. The Labute approximate surface area is 191 Å². The second kappa shape index (κ2) is 8.84. The molecule has 0 N–H and O–H groups in total. The molecule has 4 rings (SSSR count). The van der Waals surface area contributed by atoms with E-state index in [2.05, 4.69) is 4.99 Å². The predicted octanol–water partition coefficient (Wildman–Crippen LogP) is 4.84. The molecule has 2 aromatic rings. The Kier molecular flexibility index (Phi) is 6.32. The van der Waals surface area contributed by atoms with E-state index in [4.69, 9.17) is 16.3 Å². The number of amides is 1. The average Bonchev–Trinajstić information content (AvgIpc) is 3.14. The fourth-order valence-corrected chi connectivity index (χ4v) is 7.88. The lowest BCUT2D eigenvalue weighted by molar-refractivity contribution is -0.117. The molecule has 2 atom stereocenters. The Morgan fingerprint density at radius 2 is 2.06 bits per heavy atom. The molecule has 0 spiro atoms. The number of ether oxygens (including phenoxy) is 1. The normalized spacial score (nSPS) is 23.2. The summed E-state index contributed by atoms with van der Waals surface area (Å²) in [6.45, 7) is 3.90. The number of amidine groups is 1. The van der Waals surface area contributed by atoms with E-state index in [9.17, 15) is 13.2 Å². The van der Waals surface area contributed by atoms with E-state index in [1.54, 1.807) is 18.2 Å². The number of sulfone groups is 1. The van der Waals surface area contributed by atoms with Crippen LogP contribution in [0.15, 0.2) is 47.5 Å². The highest BCUT2D eigenvalue weighted by atomic mass is 35.5. The van der Waals surface area contributed by atoms with Crippen LogP contribution in [0.3, 0.4) is 0 Å². The summed E-state index contributed by atoms with van der Waals surface area (Å²) in [5, 5.41) is 0.795. The van der Waals surface area contributed by atoms with Crippen LogP contribution in [0.1, 0.15) is 25.3 Å².